The molecule has 0 unspecified atom stereocenters. The standard InChI is InChI=1S/C22H21N3O3/c1-24-18-6-4-3-5-15(18)20(25-9-11-28-12-10-25)19-16-13-14(22(26)27-2)7-8-17(16)23-21(19)24/h3-8,13H,9-12H2,1-2H3. The van der Waals surface area contributed by atoms with Gasteiger partial charge in [-0.05, 0) is 24.3 Å². The number of para-hydroxylation sites is 1. The molecule has 1 saturated heterocycles. The van der Waals surface area contributed by atoms with Crippen molar-refractivity contribution < 1.29 is 14.3 Å². The summed E-state index contributed by atoms with van der Waals surface area (Å²) in [7, 11) is 3.45. The summed E-state index contributed by atoms with van der Waals surface area (Å²) in [6, 6.07) is 14.0. The van der Waals surface area contributed by atoms with E-state index in [4.69, 9.17) is 14.5 Å². The second-order valence-corrected chi connectivity index (χ2v) is 7.06. The molecule has 0 bridgehead atoms. The van der Waals surface area contributed by atoms with Crippen LogP contribution in [0.3, 0.4) is 0 Å². The van der Waals surface area contributed by atoms with Crippen LogP contribution in [0, 0.1) is 0 Å². The van der Waals surface area contributed by atoms with E-state index >= 15 is 0 Å². The number of rotatable bonds is 2. The van der Waals surface area contributed by atoms with Crippen molar-refractivity contribution in [2.24, 2.45) is 7.05 Å². The number of fused-ring (bicyclic) bond motifs is 4. The highest BCUT2D eigenvalue weighted by atomic mass is 16.5. The van der Waals surface area contributed by atoms with Crippen molar-refractivity contribution in [2.45, 2.75) is 0 Å². The first-order chi connectivity index (χ1) is 13.7. The number of benzene rings is 2. The van der Waals surface area contributed by atoms with Crippen molar-refractivity contribution in [1.29, 1.82) is 0 Å². The highest BCUT2D eigenvalue weighted by Gasteiger charge is 2.27. The molecule has 2 aromatic rings. The highest BCUT2D eigenvalue weighted by Crippen LogP contribution is 2.44. The van der Waals surface area contributed by atoms with Crippen molar-refractivity contribution >= 4 is 33.5 Å². The Bertz CT molecular complexity index is 1170. The maximum absolute atomic E-state index is 12.1. The van der Waals surface area contributed by atoms with Gasteiger partial charge in [-0.3, -0.25) is 0 Å². The number of morpholine rings is 1. The monoisotopic (exact) mass is 375 g/mol. The zero-order chi connectivity index (χ0) is 19.3. The van der Waals surface area contributed by atoms with Gasteiger partial charge < -0.3 is 18.9 Å². The van der Waals surface area contributed by atoms with E-state index in [9.17, 15) is 4.79 Å². The summed E-state index contributed by atoms with van der Waals surface area (Å²) in [5.41, 5.74) is 4.78. The van der Waals surface area contributed by atoms with Gasteiger partial charge in [0.2, 0.25) is 0 Å². The molecule has 0 spiro atoms. The summed E-state index contributed by atoms with van der Waals surface area (Å²) in [6.07, 6.45) is 0. The van der Waals surface area contributed by atoms with E-state index < -0.39 is 0 Å². The second kappa shape index (κ2) is 6.49. The van der Waals surface area contributed by atoms with Crippen molar-refractivity contribution in [3.8, 4) is 11.4 Å². The first-order valence-electron chi connectivity index (χ1n) is 9.41. The van der Waals surface area contributed by atoms with Gasteiger partial charge in [0.15, 0.2) is 0 Å². The smallest absolute Gasteiger partial charge is 0.337 e. The molecule has 1 fully saturated rings. The van der Waals surface area contributed by atoms with E-state index in [-0.39, 0.29) is 5.97 Å². The quantitative estimate of drug-likeness (QED) is 0.502. The molecule has 0 atom stereocenters. The molecule has 28 heavy (non-hydrogen) atoms. The van der Waals surface area contributed by atoms with Crippen LogP contribution < -0.4 is 4.90 Å². The van der Waals surface area contributed by atoms with E-state index in [1.54, 1.807) is 6.07 Å². The second-order valence-electron chi connectivity index (χ2n) is 7.06. The zero-order valence-corrected chi connectivity index (χ0v) is 15.9. The Hall–Kier alpha value is -3.12. The molecule has 142 valence electrons. The van der Waals surface area contributed by atoms with Crippen LogP contribution in [0.1, 0.15) is 10.4 Å². The fourth-order valence-corrected chi connectivity index (χ4v) is 4.18. The number of hydrogen-bond donors (Lipinski definition) is 0. The van der Waals surface area contributed by atoms with E-state index in [2.05, 4.69) is 33.7 Å². The van der Waals surface area contributed by atoms with Gasteiger partial charge in [-0.25, -0.2) is 9.78 Å². The van der Waals surface area contributed by atoms with Crippen LogP contribution in [0.4, 0.5) is 5.69 Å². The maximum Gasteiger partial charge on any atom is 0.337 e. The number of ether oxygens (including phenoxy) is 2. The number of nitrogens with zero attached hydrogens (tertiary/aromatic N) is 3. The van der Waals surface area contributed by atoms with Crippen LogP contribution >= 0.6 is 0 Å². The minimum atomic E-state index is -0.339. The lowest BCUT2D eigenvalue weighted by Crippen LogP contribution is -2.36. The molecule has 3 aliphatic heterocycles. The van der Waals surface area contributed by atoms with Crippen LogP contribution in [0.15, 0.2) is 42.5 Å². The third kappa shape index (κ3) is 2.45. The van der Waals surface area contributed by atoms with E-state index in [1.807, 2.05) is 19.2 Å². The van der Waals surface area contributed by atoms with Gasteiger partial charge >= 0.3 is 5.97 Å². The van der Waals surface area contributed by atoms with Crippen molar-refractivity contribution in [3.05, 3.63) is 48.0 Å². The van der Waals surface area contributed by atoms with Crippen LogP contribution in [0.2, 0.25) is 0 Å². The Morgan fingerprint density at radius 2 is 1.89 bits per heavy atom. The normalized spacial score (nSPS) is 14.9. The first kappa shape index (κ1) is 17.0. The fourth-order valence-electron chi connectivity index (χ4n) is 4.18. The molecule has 3 heterocycles. The third-order valence-electron chi connectivity index (χ3n) is 5.54. The zero-order valence-electron chi connectivity index (χ0n) is 15.9. The average molecular weight is 375 g/mol. The predicted octanol–water partition coefficient (Wildman–Crippen LogP) is 3.45. The number of pyridine rings is 1. The number of anilines is 1. The molecular weight excluding hydrogens is 354 g/mol. The Kier molecular flexibility index (Phi) is 3.94. The number of esters is 1. The molecule has 3 aliphatic rings. The molecule has 0 N–H and O–H groups in total. The van der Waals surface area contributed by atoms with Gasteiger partial charge in [0, 0.05) is 30.9 Å². The third-order valence-corrected chi connectivity index (χ3v) is 5.54. The van der Waals surface area contributed by atoms with Crippen LogP contribution in [0.5, 0.6) is 0 Å². The van der Waals surface area contributed by atoms with Gasteiger partial charge in [0.1, 0.15) is 5.82 Å². The largest absolute Gasteiger partial charge is 0.465 e. The Morgan fingerprint density at radius 3 is 2.68 bits per heavy atom. The molecule has 0 aliphatic carbocycles. The lowest BCUT2D eigenvalue weighted by atomic mass is 10.0. The van der Waals surface area contributed by atoms with E-state index in [1.165, 1.54) is 12.5 Å². The van der Waals surface area contributed by atoms with Gasteiger partial charge in [-0.15, -0.1) is 0 Å². The van der Waals surface area contributed by atoms with Gasteiger partial charge in [0.05, 0.1) is 48.2 Å². The number of carbonyl (C=O) groups excluding carboxylic acids is 1. The van der Waals surface area contributed by atoms with Gasteiger partial charge in [0.25, 0.3) is 0 Å². The molecule has 0 amide bonds. The summed E-state index contributed by atoms with van der Waals surface area (Å²) >= 11 is 0. The number of aromatic nitrogens is 2. The molecule has 0 saturated carbocycles. The Labute approximate surface area is 162 Å². The van der Waals surface area contributed by atoms with Crippen molar-refractivity contribution in [3.63, 3.8) is 0 Å². The number of methoxy groups -OCH3 is 1. The molecule has 6 heteroatoms. The fraction of sp³-hybridized carbons (Fsp3) is 0.273. The summed E-state index contributed by atoms with van der Waals surface area (Å²) in [4.78, 5) is 19.4. The molecule has 0 aromatic heterocycles. The summed E-state index contributed by atoms with van der Waals surface area (Å²) < 4.78 is 12.6. The Balaban J connectivity index is 1.90. The molecule has 0 radical (unpaired) electrons. The summed E-state index contributed by atoms with van der Waals surface area (Å²) in [5.74, 6) is 0.576. The van der Waals surface area contributed by atoms with Gasteiger partial charge in [-0.1, -0.05) is 18.2 Å². The number of hydrogen-bond acceptors (Lipinski definition) is 5. The Morgan fingerprint density at radius 1 is 1.11 bits per heavy atom. The predicted molar refractivity (Wildman–Crippen MR) is 109 cm³/mol. The minimum Gasteiger partial charge on any atom is -0.465 e. The topological polar surface area (TPSA) is 56.6 Å². The molecule has 2 aromatic carbocycles. The lowest BCUT2D eigenvalue weighted by Gasteiger charge is -2.32. The first-order valence-corrected chi connectivity index (χ1v) is 9.41. The number of carbonyl (C=O) groups is 1. The SMILES string of the molecule is COC(=O)c1ccc2nc3n(C)c4ccccc4c(N4CCOCC4)c-3c2c1. The maximum atomic E-state index is 12.1. The lowest BCUT2D eigenvalue weighted by molar-refractivity contribution is 0.0601. The van der Waals surface area contributed by atoms with E-state index in [0.29, 0.717) is 18.8 Å². The molecule has 5 rings (SSSR count). The molecular formula is C22H21N3O3. The van der Waals surface area contributed by atoms with Crippen LogP contribution in [0.25, 0.3) is 33.2 Å². The van der Waals surface area contributed by atoms with Crippen LogP contribution in [-0.2, 0) is 16.5 Å². The van der Waals surface area contributed by atoms with Crippen molar-refractivity contribution in [1.82, 2.24) is 9.55 Å². The summed E-state index contributed by atoms with van der Waals surface area (Å²) in [6.45, 7) is 3.07. The minimum absolute atomic E-state index is 0.339. The van der Waals surface area contributed by atoms with E-state index in [0.717, 1.165) is 46.6 Å². The summed E-state index contributed by atoms with van der Waals surface area (Å²) in [5, 5.41) is 2.15. The highest BCUT2D eigenvalue weighted by molar-refractivity contribution is 6.12. The van der Waals surface area contributed by atoms with Gasteiger partial charge in [-0.2, -0.15) is 0 Å². The molecule has 6 nitrogen and oxygen atoms in total. The van der Waals surface area contributed by atoms with Crippen LogP contribution in [-0.4, -0.2) is 48.9 Å². The number of aryl methyl sites for hydroxylation is 1. The average Bonchev–Trinajstić information content (AvgIpc) is 3.13. The van der Waals surface area contributed by atoms with Crippen molar-refractivity contribution in [2.75, 3.05) is 38.3 Å².